The molecule has 0 atom stereocenters. The number of fused-ring (bicyclic) bond motifs is 2. The number of hydrogen-bond donors (Lipinski definition) is 2. The molecule has 0 saturated heterocycles. The van der Waals surface area contributed by atoms with Crippen molar-refractivity contribution in [2.45, 2.75) is 6.54 Å². The van der Waals surface area contributed by atoms with Crippen molar-refractivity contribution in [3.8, 4) is 0 Å². The molecule has 0 saturated carbocycles. The van der Waals surface area contributed by atoms with Gasteiger partial charge in [0.15, 0.2) is 18.2 Å². The van der Waals surface area contributed by atoms with Gasteiger partial charge in [-0.05, 0) is 30.3 Å². The second-order valence-electron chi connectivity index (χ2n) is 8.03. The highest BCUT2D eigenvalue weighted by atomic mass is 16.5. The van der Waals surface area contributed by atoms with Gasteiger partial charge in [0.05, 0.1) is 29.6 Å². The minimum Gasteiger partial charge on any atom is -0.467 e. The Balaban J connectivity index is 1.27. The van der Waals surface area contributed by atoms with Crippen molar-refractivity contribution in [1.82, 2.24) is 0 Å². The zero-order chi connectivity index (χ0) is 25.1. The van der Waals surface area contributed by atoms with Crippen molar-refractivity contribution in [2.75, 3.05) is 17.2 Å². The topological polar surface area (TPSA) is 115 Å². The van der Waals surface area contributed by atoms with Crippen LogP contribution < -0.4 is 10.6 Å². The monoisotopic (exact) mass is 480 g/mol. The first-order valence-electron chi connectivity index (χ1n) is 11.2. The molecule has 3 aromatic carbocycles. The summed E-state index contributed by atoms with van der Waals surface area (Å²) in [4.78, 5) is 51.3. The summed E-state index contributed by atoms with van der Waals surface area (Å²) in [5.41, 5.74) is 1.90. The minimum atomic E-state index is -0.692. The van der Waals surface area contributed by atoms with Gasteiger partial charge < -0.3 is 19.8 Å². The van der Waals surface area contributed by atoms with Crippen molar-refractivity contribution in [1.29, 1.82) is 0 Å². The number of para-hydroxylation sites is 1. The molecule has 1 aromatic heterocycles. The molecule has 8 heteroatoms. The molecule has 0 spiro atoms. The molecule has 178 valence electrons. The summed E-state index contributed by atoms with van der Waals surface area (Å²) in [5, 5.41) is 5.71. The van der Waals surface area contributed by atoms with E-state index >= 15 is 0 Å². The van der Waals surface area contributed by atoms with Crippen molar-refractivity contribution >= 4 is 34.8 Å². The normalized spacial score (nSPS) is 11.9. The van der Waals surface area contributed by atoms with E-state index in [1.807, 2.05) is 0 Å². The van der Waals surface area contributed by atoms with Crippen LogP contribution in [0.25, 0.3) is 0 Å². The number of rotatable bonds is 7. The Labute approximate surface area is 205 Å². The minimum absolute atomic E-state index is 0.119. The van der Waals surface area contributed by atoms with Crippen LogP contribution in [0.1, 0.15) is 48.0 Å². The van der Waals surface area contributed by atoms with Crippen LogP contribution in [-0.2, 0) is 16.1 Å². The van der Waals surface area contributed by atoms with Gasteiger partial charge >= 0.3 is 5.97 Å². The Kier molecular flexibility index (Phi) is 6.15. The highest BCUT2D eigenvalue weighted by molar-refractivity contribution is 6.30. The van der Waals surface area contributed by atoms with Gasteiger partial charge in [0.2, 0.25) is 0 Å². The van der Waals surface area contributed by atoms with Crippen molar-refractivity contribution in [3.63, 3.8) is 0 Å². The third-order valence-electron chi connectivity index (χ3n) is 5.74. The van der Waals surface area contributed by atoms with Crippen molar-refractivity contribution < 1.29 is 28.3 Å². The molecule has 5 rings (SSSR count). The molecule has 0 fully saturated rings. The van der Waals surface area contributed by atoms with Gasteiger partial charge in [-0.25, -0.2) is 4.79 Å². The van der Waals surface area contributed by atoms with E-state index in [9.17, 15) is 19.2 Å². The smallest absolute Gasteiger partial charge is 0.340 e. The van der Waals surface area contributed by atoms with Crippen LogP contribution >= 0.6 is 0 Å². The summed E-state index contributed by atoms with van der Waals surface area (Å²) < 4.78 is 10.5. The Morgan fingerprint density at radius 1 is 0.750 bits per heavy atom. The van der Waals surface area contributed by atoms with Gasteiger partial charge in [-0.2, -0.15) is 0 Å². The van der Waals surface area contributed by atoms with Crippen molar-refractivity contribution in [3.05, 3.63) is 119 Å². The van der Waals surface area contributed by atoms with Crippen LogP contribution in [0.4, 0.5) is 11.4 Å². The summed E-state index contributed by atoms with van der Waals surface area (Å²) in [6.45, 7) is -0.208. The summed E-state index contributed by atoms with van der Waals surface area (Å²) >= 11 is 0. The number of hydrogen-bond acceptors (Lipinski definition) is 7. The van der Waals surface area contributed by atoms with E-state index in [1.165, 1.54) is 6.07 Å². The van der Waals surface area contributed by atoms with Crippen LogP contribution in [0.3, 0.4) is 0 Å². The van der Waals surface area contributed by atoms with Crippen LogP contribution in [-0.4, -0.2) is 30.0 Å². The standard InChI is InChI=1S/C28H20N2O6/c31-24(16-36-28(34)20-10-3-4-12-22(20)29-15-17-7-6-14-35-17)30-23-13-5-11-21-25(23)27(33)19-9-2-1-8-18(19)26(21)32/h1-14,29H,15-16H2,(H,30,31). The number of carbonyl (C=O) groups excluding carboxylic acids is 4. The quantitative estimate of drug-likeness (QED) is 0.331. The molecule has 0 aliphatic heterocycles. The van der Waals surface area contributed by atoms with E-state index in [2.05, 4.69) is 10.6 Å². The van der Waals surface area contributed by atoms with Gasteiger partial charge in [0, 0.05) is 22.4 Å². The Hall–Kier alpha value is -4.98. The Morgan fingerprint density at radius 2 is 1.44 bits per heavy atom. The van der Waals surface area contributed by atoms with Crippen molar-refractivity contribution in [2.24, 2.45) is 0 Å². The number of ketones is 2. The van der Waals surface area contributed by atoms with Gasteiger partial charge in [-0.1, -0.05) is 48.5 Å². The fourth-order valence-corrected chi connectivity index (χ4v) is 4.06. The van der Waals surface area contributed by atoms with E-state index in [1.54, 1.807) is 79.1 Å². The number of carbonyl (C=O) groups is 4. The third-order valence-corrected chi connectivity index (χ3v) is 5.74. The lowest BCUT2D eigenvalue weighted by atomic mass is 9.83. The second kappa shape index (κ2) is 9.71. The lowest BCUT2D eigenvalue weighted by Gasteiger charge is -2.20. The predicted molar refractivity (Wildman–Crippen MR) is 131 cm³/mol. The lowest BCUT2D eigenvalue weighted by molar-refractivity contribution is -0.119. The SMILES string of the molecule is O=C(COC(=O)c1ccccc1NCc1ccco1)Nc1cccc2c1C(=O)c1ccccc1C2=O. The first-order valence-corrected chi connectivity index (χ1v) is 11.2. The molecule has 1 aliphatic carbocycles. The van der Waals surface area contributed by atoms with E-state index < -0.39 is 18.5 Å². The molecule has 0 radical (unpaired) electrons. The molecule has 2 N–H and O–H groups in total. The Bertz CT molecular complexity index is 1490. The Morgan fingerprint density at radius 3 is 2.22 bits per heavy atom. The maximum atomic E-state index is 13.1. The zero-order valence-electron chi connectivity index (χ0n) is 18.9. The molecule has 1 aliphatic rings. The summed E-state index contributed by atoms with van der Waals surface area (Å²) in [6.07, 6.45) is 1.56. The van der Waals surface area contributed by atoms with Gasteiger partial charge in [-0.3, -0.25) is 14.4 Å². The molecule has 36 heavy (non-hydrogen) atoms. The molecular formula is C28H20N2O6. The number of esters is 1. The van der Waals surface area contributed by atoms with E-state index in [4.69, 9.17) is 9.15 Å². The lowest BCUT2D eigenvalue weighted by Crippen LogP contribution is -2.26. The first kappa shape index (κ1) is 22.8. The average Bonchev–Trinajstić information content (AvgIpc) is 3.43. The molecule has 4 aromatic rings. The van der Waals surface area contributed by atoms with E-state index in [-0.39, 0.29) is 39.5 Å². The number of ether oxygens (including phenoxy) is 1. The number of nitrogens with one attached hydrogen (secondary N) is 2. The number of benzene rings is 3. The largest absolute Gasteiger partial charge is 0.467 e. The first-order chi connectivity index (χ1) is 17.5. The third kappa shape index (κ3) is 4.39. The molecule has 8 nitrogen and oxygen atoms in total. The van der Waals surface area contributed by atoms with Crippen LogP contribution in [0.2, 0.25) is 0 Å². The maximum absolute atomic E-state index is 13.1. The van der Waals surface area contributed by atoms with Gasteiger partial charge in [-0.15, -0.1) is 0 Å². The molecule has 1 heterocycles. The highest BCUT2D eigenvalue weighted by Crippen LogP contribution is 2.32. The molecule has 1 amide bonds. The summed E-state index contributed by atoms with van der Waals surface area (Å²) in [6, 6.07) is 21.5. The molecule has 0 unspecified atom stereocenters. The predicted octanol–water partition coefficient (Wildman–Crippen LogP) is 4.46. The summed E-state index contributed by atoms with van der Waals surface area (Å²) in [7, 11) is 0. The number of amides is 1. The van der Waals surface area contributed by atoms with E-state index in [0.717, 1.165) is 0 Å². The van der Waals surface area contributed by atoms with Gasteiger partial charge in [0.1, 0.15) is 5.76 Å². The molecule has 0 bridgehead atoms. The average molecular weight is 480 g/mol. The second-order valence-corrected chi connectivity index (χ2v) is 8.03. The van der Waals surface area contributed by atoms with Crippen LogP contribution in [0, 0.1) is 0 Å². The fourth-order valence-electron chi connectivity index (χ4n) is 4.06. The highest BCUT2D eigenvalue weighted by Gasteiger charge is 2.31. The van der Waals surface area contributed by atoms with Gasteiger partial charge in [0.25, 0.3) is 5.91 Å². The summed E-state index contributed by atoms with van der Waals surface area (Å²) in [5.74, 6) is -1.29. The fraction of sp³-hybridized carbons (Fsp3) is 0.0714. The molecular weight excluding hydrogens is 460 g/mol. The van der Waals surface area contributed by atoms with Crippen LogP contribution in [0.15, 0.2) is 89.5 Å². The van der Waals surface area contributed by atoms with Crippen LogP contribution in [0.5, 0.6) is 0 Å². The number of anilines is 2. The maximum Gasteiger partial charge on any atom is 0.340 e. The van der Waals surface area contributed by atoms with E-state index in [0.29, 0.717) is 23.6 Å². The number of furan rings is 1. The zero-order valence-corrected chi connectivity index (χ0v) is 18.9.